The van der Waals surface area contributed by atoms with Crippen LogP contribution in [0, 0.1) is 5.92 Å². The molecule has 0 aromatic carbocycles. The molecular formula is C11H20N2O2. The third-order valence-corrected chi connectivity index (χ3v) is 2.89. The summed E-state index contributed by atoms with van der Waals surface area (Å²) in [5.74, 6) is 0.221. The lowest BCUT2D eigenvalue weighted by atomic mass is 9.99. The molecule has 0 aromatic heterocycles. The van der Waals surface area contributed by atoms with E-state index in [9.17, 15) is 9.59 Å². The number of likely N-dealkylation sites (N-methyl/N-ethyl adjacent to an activating group) is 1. The van der Waals surface area contributed by atoms with E-state index in [0.29, 0.717) is 0 Å². The van der Waals surface area contributed by atoms with E-state index in [2.05, 4.69) is 0 Å². The lowest BCUT2D eigenvalue weighted by Crippen LogP contribution is -2.54. The molecule has 1 atom stereocenters. The summed E-state index contributed by atoms with van der Waals surface area (Å²) < 4.78 is 0. The number of hydrogen-bond acceptors (Lipinski definition) is 2. The van der Waals surface area contributed by atoms with Crippen molar-refractivity contribution >= 4 is 11.8 Å². The summed E-state index contributed by atoms with van der Waals surface area (Å²) in [5, 5.41) is 0. The molecule has 15 heavy (non-hydrogen) atoms. The van der Waals surface area contributed by atoms with Gasteiger partial charge in [0, 0.05) is 20.1 Å². The van der Waals surface area contributed by atoms with Crippen molar-refractivity contribution in [3.63, 3.8) is 0 Å². The van der Waals surface area contributed by atoms with Crippen molar-refractivity contribution in [1.29, 1.82) is 0 Å². The molecule has 0 N–H and O–H groups in total. The molecule has 1 unspecified atom stereocenters. The molecule has 1 aliphatic heterocycles. The molecule has 86 valence electrons. The van der Waals surface area contributed by atoms with Crippen molar-refractivity contribution in [2.45, 2.75) is 33.2 Å². The number of likely N-dealkylation sites (tertiary alicyclic amines) is 1. The number of carbonyl (C=O) groups is 2. The van der Waals surface area contributed by atoms with Gasteiger partial charge in [-0.2, -0.15) is 0 Å². The summed E-state index contributed by atoms with van der Waals surface area (Å²) >= 11 is 0. The van der Waals surface area contributed by atoms with Crippen LogP contribution >= 0.6 is 0 Å². The van der Waals surface area contributed by atoms with E-state index in [1.54, 1.807) is 23.8 Å². The third kappa shape index (κ3) is 2.49. The van der Waals surface area contributed by atoms with Crippen LogP contribution in [-0.2, 0) is 4.79 Å². The number of nitrogens with zero attached hydrogens (tertiary/aromatic N) is 2. The molecule has 4 heteroatoms. The molecular weight excluding hydrogens is 192 g/mol. The fourth-order valence-electron chi connectivity index (χ4n) is 2.04. The smallest absolute Gasteiger partial charge is 0.320 e. The summed E-state index contributed by atoms with van der Waals surface area (Å²) in [6.45, 7) is 7.13. The quantitative estimate of drug-likeness (QED) is 0.708. The Labute approximate surface area is 91.2 Å². The van der Waals surface area contributed by atoms with Crippen LogP contribution < -0.4 is 0 Å². The second-order valence-electron chi connectivity index (χ2n) is 4.53. The van der Waals surface area contributed by atoms with E-state index in [0.717, 1.165) is 19.5 Å². The highest BCUT2D eigenvalue weighted by atomic mass is 16.2. The van der Waals surface area contributed by atoms with Gasteiger partial charge in [-0.15, -0.1) is 0 Å². The predicted octanol–water partition coefficient (Wildman–Crippen LogP) is 1.36. The molecule has 0 radical (unpaired) electrons. The van der Waals surface area contributed by atoms with Crippen LogP contribution in [0.1, 0.15) is 27.2 Å². The number of urea groups is 1. The zero-order valence-corrected chi connectivity index (χ0v) is 9.99. The van der Waals surface area contributed by atoms with Crippen LogP contribution in [0.5, 0.6) is 0 Å². The molecule has 4 nitrogen and oxygen atoms in total. The van der Waals surface area contributed by atoms with Gasteiger partial charge in [-0.05, 0) is 19.3 Å². The summed E-state index contributed by atoms with van der Waals surface area (Å²) in [5.41, 5.74) is 0. The lowest BCUT2D eigenvalue weighted by Gasteiger charge is -2.38. The Morgan fingerprint density at radius 2 is 1.80 bits per heavy atom. The molecule has 0 spiro atoms. The molecule has 1 aliphatic rings. The SMILES string of the molecule is CC(=O)C(C(C)C)N(C)C(=O)N1CCC1. The third-order valence-electron chi connectivity index (χ3n) is 2.89. The second kappa shape index (κ2) is 4.64. The Hall–Kier alpha value is -1.06. The Morgan fingerprint density at radius 3 is 2.07 bits per heavy atom. The van der Waals surface area contributed by atoms with Gasteiger partial charge in [0.15, 0.2) is 5.78 Å². The number of rotatable bonds is 3. The van der Waals surface area contributed by atoms with Crippen molar-refractivity contribution in [2.75, 3.05) is 20.1 Å². The maximum Gasteiger partial charge on any atom is 0.320 e. The minimum absolute atomic E-state index is 0.0184. The highest BCUT2D eigenvalue weighted by Crippen LogP contribution is 2.15. The van der Waals surface area contributed by atoms with Crippen molar-refractivity contribution in [3.8, 4) is 0 Å². The Kier molecular flexibility index (Phi) is 3.72. The molecule has 0 aromatic rings. The molecule has 1 saturated heterocycles. The molecule has 0 aliphatic carbocycles. The van der Waals surface area contributed by atoms with Gasteiger partial charge in [0.2, 0.25) is 0 Å². The maximum atomic E-state index is 11.9. The van der Waals surface area contributed by atoms with Crippen LogP contribution in [0.3, 0.4) is 0 Å². The minimum atomic E-state index is -0.293. The monoisotopic (exact) mass is 212 g/mol. The van der Waals surface area contributed by atoms with Gasteiger partial charge in [0.1, 0.15) is 0 Å². The molecule has 0 bridgehead atoms. The van der Waals surface area contributed by atoms with Crippen LogP contribution in [0.15, 0.2) is 0 Å². The first kappa shape index (κ1) is 12.0. The van der Waals surface area contributed by atoms with Crippen molar-refractivity contribution in [2.24, 2.45) is 5.92 Å². The van der Waals surface area contributed by atoms with E-state index < -0.39 is 0 Å². The lowest BCUT2D eigenvalue weighted by molar-refractivity contribution is -0.122. The largest absolute Gasteiger partial charge is 0.325 e. The maximum absolute atomic E-state index is 11.9. The standard InChI is InChI=1S/C11H20N2O2/c1-8(2)10(9(3)14)12(4)11(15)13-6-5-7-13/h8,10H,5-7H2,1-4H3. The number of ketones is 1. The van der Waals surface area contributed by atoms with Crippen molar-refractivity contribution in [3.05, 3.63) is 0 Å². The van der Waals surface area contributed by atoms with Crippen molar-refractivity contribution < 1.29 is 9.59 Å². The van der Waals surface area contributed by atoms with Gasteiger partial charge in [-0.3, -0.25) is 4.79 Å². The van der Waals surface area contributed by atoms with E-state index in [4.69, 9.17) is 0 Å². The predicted molar refractivity (Wildman–Crippen MR) is 58.7 cm³/mol. The van der Waals surface area contributed by atoms with E-state index in [1.807, 2.05) is 13.8 Å². The van der Waals surface area contributed by atoms with E-state index in [1.165, 1.54) is 0 Å². The average molecular weight is 212 g/mol. The molecule has 1 rings (SSSR count). The van der Waals surface area contributed by atoms with Gasteiger partial charge in [-0.1, -0.05) is 13.8 Å². The fraction of sp³-hybridized carbons (Fsp3) is 0.818. The Balaban J connectivity index is 2.66. The van der Waals surface area contributed by atoms with Gasteiger partial charge >= 0.3 is 6.03 Å². The summed E-state index contributed by atoms with van der Waals surface area (Å²) in [4.78, 5) is 26.7. The topological polar surface area (TPSA) is 40.6 Å². The summed E-state index contributed by atoms with van der Waals surface area (Å²) in [6.07, 6.45) is 1.08. The number of carbonyl (C=O) groups excluding carboxylic acids is 2. The number of hydrogen-bond donors (Lipinski definition) is 0. The minimum Gasteiger partial charge on any atom is -0.325 e. The first-order valence-electron chi connectivity index (χ1n) is 5.47. The highest BCUT2D eigenvalue weighted by Gasteiger charge is 2.31. The highest BCUT2D eigenvalue weighted by molar-refractivity contribution is 5.87. The first-order valence-corrected chi connectivity index (χ1v) is 5.47. The van der Waals surface area contributed by atoms with Crippen LogP contribution in [0.2, 0.25) is 0 Å². The zero-order chi connectivity index (χ0) is 11.6. The van der Waals surface area contributed by atoms with Gasteiger partial charge in [0.05, 0.1) is 6.04 Å². The van der Waals surface area contributed by atoms with Crippen LogP contribution in [-0.4, -0.2) is 47.8 Å². The van der Waals surface area contributed by atoms with Gasteiger partial charge < -0.3 is 9.80 Å². The molecule has 2 amide bonds. The Bertz CT molecular complexity index is 259. The normalized spacial score (nSPS) is 17.3. The average Bonchev–Trinajstić information content (AvgIpc) is 1.98. The zero-order valence-electron chi connectivity index (χ0n) is 9.99. The molecule has 0 saturated carbocycles. The molecule has 1 fully saturated rings. The number of Topliss-reactive ketones (excluding diaryl/α,β-unsaturated/α-hetero) is 1. The van der Waals surface area contributed by atoms with E-state index in [-0.39, 0.29) is 23.8 Å². The summed E-state index contributed by atoms with van der Waals surface area (Å²) in [7, 11) is 1.72. The van der Waals surface area contributed by atoms with Gasteiger partial charge in [0.25, 0.3) is 0 Å². The Morgan fingerprint density at radius 1 is 1.27 bits per heavy atom. The van der Waals surface area contributed by atoms with Crippen molar-refractivity contribution in [1.82, 2.24) is 9.80 Å². The van der Waals surface area contributed by atoms with Crippen LogP contribution in [0.25, 0.3) is 0 Å². The number of amides is 2. The molecule has 1 heterocycles. The van der Waals surface area contributed by atoms with Crippen LogP contribution in [0.4, 0.5) is 4.79 Å². The van der Waals surface area contributed by atoms with E-state index >= 15 is 0 Å². The van der Waals surface area contributed by atoms with Gasteiger partial charge in [-0.25, -0.2) is 4.79 Å². The first-order chi connectivity index (χ1) is 6.95. The summed E-state index contributed by atoms with van der Waals surface area (Å²) in [6, 6.07) is -0.312. The fourth-order valence-corrected chi connectivity index (χ4v) is 2.04. The second-order valence-corrected chi connectivity index (χ2v) is 4.53.